The summed E-state index contributed by atoms with van der Waals surface area (Å²) < 4.78 is 4.94. The molecule has 1 aromatic heterocycles. The lowest BCUT2D eigenvalue weighted by Crippen LogP contribution is -2.26. The number of oxazole rings is 1. The largest absolute Gasteiger partial charge is 0.417 e. The Kier molecular flexibility index (Phi) is 2.72. The van der Waals surface area contributed by atoms with Crippen molar-refractivity contribution >= 4 is 11.1 Å². The molecule has 5 heteroatoms. The zero-order valence-electron chi connectivity index (χ0n) is 10.0. The lowest BCUT2D eigenvalue weighted by molar-refractivity contribution is 0.207. The Labute approximate surface area is 104 Å². The summed E-state index contributed by atoms with van der Waals surface area (Å²) in [5.74, 6) is -0.424. The van der Waals surface area contributed by atoms with E-state index >= 15 is 0 Å². The second-order valence-corrected chi connectivity index (χ2v) is 5.11. The van der Waals surface area contributed by atoms with Crippen molar-refractivity contribution < 1.29 is 9.52 Å². The lowest BCUT2D eigenvalue weighted by atomic mass is 10.1. The maximum atomic E-state index is 11.0. The van der Waals surface area contributed by atoms with Crippen LogP contribution in [-0.4, -0.2) is 23.2 Å². The molecule has 0 radical (unpaired) electrons. The van der Waals surface area contributed by atoms with E-state index in [1.165, 1.54) is 0 Å². The van der Waals surface area contributed by atoms with Gasteiger partial charge in [-0.2, -0.15) is 0 Å². The number of aromatic nitrogens is 1. The van der Waals surface area contributed by atoms with Gasteiger partial charge >= 0.3 is 5.76 Å². The number of H-pyrrole nitrogens is 1. The van der Waals surface area contributed by atoms with Crippen LogP contribution < -0.4 is 11.1 Å². The van der Waals surface area contributed by atoms with Gasteiger partial charge in [-0.15, -0.1) is 0 Å². The number of nitrogens with one attached hydrogen (secondary N) is 2. The second kappa shape index (κ2) is 4.26. The van der Waals surface area contributed by atoms with Crippen LogP contribution in [-0.2, 0) is 6.54 Å². The minimum Gasteiger partial charge on any atom is -0.408 e. The monoisotopic (exact) mass is 248 g/mol. The normalized spacial score (nSPS) is 17.2. The van der Waals surface area contributed by atoms with Gasteiger partial charge in [0.15, 0.2) is 5.58 Å². The summed E-state index contributed by atoms with van der Waals surface area (Å²) in [4.78, 5) is 13.7. The zero-order valence-corrected chi connectivity index (χ0v) is 10.0. The number of hydrogen-bond acceptors (Lipinski definition) is 4. The number of hydrogen-bond donors (Lipinski definition) is 3. The molecule has 1 aliphatic carbocycles. The standard InChI is InChI=1S/C13H16N2O3/c16-8-13(3-4-13)7-14-6-9-1-2-11-10(5-9)15-12(17)18-11/h1-2,5,14,16H,3-4,6-8H2,(H,15,17). The fourth-order valence-electron chi connectivity index (χ4n) is 2.15. The molecule has 2 aromatic rings. The summed E-state index contributed by atoms with van der Waals surface area (Å²) in [7, 11) is 0. The van der Waals surface area contributed by atoms with E-state index in [0.29, 0.717) is 5.58 Å². The van der Waals surface area contributed by atoms with Crippen LogP contribution in [0.4, 0.5) is 0 Å². The van der Waals surface area contributed by atoms with E-state index in [9.17, 15) is 9.90 Å². The van der Waals surface area contributed by atoms with E-state index in [2.05, 4.69) is 10.3 Å². The Morgan fingerprint density at radius 3 is 3.00 bits per heavy atom. The Bertz CT molecular complexity index is 610. The molecular formula is C13H16N2O3. The third-order valence-electron chi connectivity index (χ3n) is 3.61. The van der Waals surface area contributed by atoms with Crippen molar-refractivity contribution in [3.8, 4) is 0 Å². The van der Waals surface area contributed by atoms with E-state index in [1.54, 1.807) is 6.07 Å². The van der Waals surface area contributed by atoms with Crippen molar-refractivity contribution in [2.24, 2.45) is 5.41 Å². The summed E-state index contributed by atoms with van der Waals surface area (Å²) >= 11 is 0. The summed E-state index contributed by atoms with van der Waals surface area (Å²) in [6.45, 7) is 1.82. The molecule has 0 atom stereocenters. The Morgan fingerprint density at radius 2 is 2.28 bits per heavy atom. The number of aromatic amines is 1. The first-order valence-corrected chi connectivity index (χ1v) is 6.14. The Morgan fingerprint density at radius 1 is 1.44 bits per heavy atom. The summed E-state index contributed by atoms with van der Waals surface area (Å²) in [6.07, 6.45) is 2.20. The molecule has 3 rings (SSSR count). The van der Waals surface area contributed by atoms with Gasteiger partial charge in [0.2, 0.25) is 0 Å². The summed E-state index contributed by atoms with van der Waals surface area (Å²) in [5.41, 5.74) is 2.52. The molecule has 0 unspecified atom stereocenters. The average molecular weight is 248 g/mol. The molecule has 1 saturated carbocycles. The smallest absolute Gasteiger partial charge is 0.408 e. The molecule has 5 nitrogen and oxygen atoms in total. The van der Waals surface area contributed by atoms with Gasteiger partial charge in [0.05, 0.1) is 5.52 Å². The molecule has 0 bridgehead atoms. The van der Waals surface area contributed by atoms with Gasteiger partial charge in [-0.05, 0) is 30.5 Å². The van der Waals surface area contributed by atoms with Crippen LogP contribution in [0, 0.1) is 5.41 Å². The number of rotatable bonds is 5. The maximum Gasteiger partial charge on any atom is 0.417 e. The van der Waals surface area contributed by atoms with Crippen molar-refractivity contribution in [3.63, 3.8) is 0 Å². The van der Waals surface area contributed by atoms with Crippen LogP contribution in [0.5, 0.6) is 0 Å². The third kappa shape index (κ3) is 2.19. The highest BCUT2D eigenvalue weighted by Crippen LogP contribution is 2.44. The highest BCUT2D eigenvalue weighted by Gasteiger charge is 2.41. The number of benzene rings is 1. The van der Waals surface area contributed by atoms with E-state index in [1.807, 2.05) is 12.1 Å². The molecule has 1 aromatic carbocycles. The zero-order chi connectivity index (χ0) is 12.6. The molecule has 1 fully saturated rings. The van der Waals surface area contributed by atoms with E-state index in [4.69, 9.17) is 4.42 Å². The van der Waals surface area contributed by atoms with Crippen molar-refractivity contribution in [1.82, 2.24) is 10.3 Å². The van der Waals surface area contributed by atoms with Crippen LogP contribution in [0.2, 0.25) is 0 Å². The first-order valence-electron chi connectivity index (χ1n) is 6.14. The summed E-state index contributed by atoms with van der Waals surface area (Å²) in [5, 5.41) is 12.5. The Hall–Kier alpha value is -1.59. The van der Waals surface area contributed by atoms with Crippen molar-refractivity contribution in [2.45, 2.75) is 19.4 Å². The number of fused-ring (bicyclic) bond motifs is 1. The van der Waals surface area contributed by atoms with Crippen molar-refractivity contribution in [2.75, 3.05) is 13.2 Å². The quantitative estimate of drug-likeness (QED) is 0.737. The van der Waals surface area contributed by atoms with Gasteiger partial charge in [0, 0.05) is 25.1 Å². The molecule has 96 valence electrons. The number of aliphatic hydroxyl groups excluding tert-OH is 1. The van der Waals surface area contributed by atoms with Crippen LogP contribution >= 0.6 is 0 Å². The molecule has 18 heavy (non-hydrogen) atoms. The van der Waals surface area contributed by atoms with Gasteiger partial charge in [-0.1, -0.05) is 6.07 Å². The van der Waals surface area contributed by atoms with Crippen LogP contribution in [0.25, 0.3) is 11.1 Å². The minimum atomic E-state index is -0.424. The van der Waals surface area contributed by atoms with Crippen LogP contribution in [0.15, 0.2) is 27.4 Å². The fourth-order valence-corrected chi connectivity index (χ4v) is 2.15. The molecule has 1 aliphatic rings. The van der Waals surface area contributed by atoms with Crippen LogP contribution in [0.3, 0.4) is 0 Å². The maximum absolute atomic E-state index is 11.0. The molecule has 0 saturated heterocycles. The highest BCUT2D eigenvalue weighted by atomic mass is 16.4. The second-order valence-electron chi connectivity index (χ2n) is 5.11. The van der Waals surface area contributed by atoms with Crippen LogP contribution in [0.1, 0.15) is 18.4 Å². The molecule has 0 amide bonds. The van der Waals surface area contributed by atoms with Gasteiger partial charge in [-0.3, -0.25) is 4.98 Å². The predicted molar refractivity (Wildman–Crippen MR) is 67.3 cm³/mol. The minimum absolute atomic E-state index is 0.119. The van der Waals surface area contributed by atoms with Gasteiger partial charge < -0.3 is 14.8 Å². The molecule has 3 N–H and O–H groups in total. The van der Waals surface area contributed by atoms with Gasteiger partial charge in [0.1, 0.15) is 0 Å². The van der Waals surface area contributed by atoms with Crippen molar-refractivity contribution in [1.29, 1.82) is 0 Å². The SMILES string of the molecule is O=c1[nH]c2cc(CNCC3(CO)CC3)ccc2o1. The molecule has 0 aliphatic heterocycles. The first-order chi connectivity index (χ1) is 8.71. The third-order valence-corrected chi connectivity index (χ3v) is 3.61. The van der Waals surface area contributed by atoms with E-state index < -0.39 is 5.76 Å². The molecular weight excluding hydrogens is 232 g/mol. The topological polar surface area (TPSA) is 78.3 Å². The highest BCUT2D eigenvalue weighted by molar-refractivity contribution is 5.72. The lowest BCUT2D eigenvalue weighted by Gasteiger charge is -2.12. The average Bonchev–Trinajstić information content (AvgIpc) is 3.04. The van der Waals surface area contributed by atoms with E-state index in [-0.39, 0.29) is 12.0 Å². The number of aliphatic hydroxyl groups is 1. The molecule has 1 heterocycles. The van der Waals surface area contributed by atoms with Gasteiger partial charge in [-0.25, -0.2) is 4.79 Å². The first kappa shape index (κ1) is 11.5. The fraction of sp³-hybridized carbons (Fsp3) is 0.462. The molecule has 0 spiro atoms. The predicted octanol–water partition coefficient (Wildman–Crippen LogP) is 0.983. The van der Waals surface area contributed by atoms with Crippen molar-refractivity contribution in [3.05, 3.63) is 34.3 Å². The van der Waals surface area contributed by atoms with E-state index in [0.717, 1.165) is 37.0 Å². The summed E-state index contributed by atoms with van der Waals surface area (Å²) in [6, 6.07) is 5.64. The Balaban J connectivity index is 1.65. The van der Waals surface area contributed by atoms with Gasteiger partial charge in [0.25, 0.3) is 0 Å².